The number of rotatable bonds is 4. The van der Waals surface area contributed by atoms with Gasteiger partial charge in [0.25, 0.3) is 0 Å². The van der Waals surface area contributed by atoms with Crippen LogP contribution in [0.5, 0.6) is 11.5 Å². The van der Waals surface area contributed by atoms with E-state index in [4.69, 9.17) is 9.47 Å². The number of hydrogen-bond acceptors (Lipinski definition) is 4. The molecule has 112 valence electrons. The molecule has 5 nitrogen and oxygen atoms in total. The summed E-state index contributed by atoms with van der Waals surface area (Å²) in [4.78, 5) is 24.3. The average Bonchev–Trinajstić information content (AvgIpc) is 2.85. The number of benzene rings is 2. The fourth-order valence-corrected chi connectivity index (χ4v) is 2.37. The highest BCUT2D eigenvalue weighted by atomic mass is 16.5. The second-order valence-corrected chi connectivity index (χ2v) is 4.84. The van der Waals surface area contributed by atoms with E-state index < -0.39 is 17.8 Å². The molecule has 0 aromatic heterocycles. The topological polar surface area (TPSA) is 64.6 Å². The molecule has 0 saturated carbocycles. The molecule has 1 unspecified atom stereocenters. The number of carbonyl (C=O) groups is 2. The van der Waals surface area contributed by atoms with E-state index in [9.17, 15) is 9.59 Å². The van der Waals surface area contributed by atoms with Crippen molar-refractivity contribution in [2.24, 2.45) is 0 Å². The third-order valence-electron chi connectivity index (χ3n) is 3.37. The number of anilines is 1. The van der Waals surface area contributed by atoms with E-state index in [-0.39, 0.29) is 0 Å². The Morgan fingerprint density at radius 1 is 1.18 bits per heavy atom. The van der Waals surface area contributed by atoms with Crippen LogP contribution in [0, 0.1) is 0 Å². The highest BCUT2D eigenvalue weighted by Crippen LogP contribution is 2.35. The van der Waals surface area contributed by atoms with Crippen molar-refractivity contribution >= 4 is 17.6 Å². The summed E-state index contributed by atoms with van der Waals surface area (Å²) in [6, 6.07) is 13.9. The van der Waals surface area contributed by atoms with Crippen molar-refractivity contribution in [3.8, 4) is 11.5 Å². The number of nitrogens with one attached hydrogen (secondary N) is 1. The van der Waals surface area contributed by atoms with E-state index in [0.717, 1.165) is 5.75 Å². The molecule has 2 aromatic rings. The smallest absolute Gasteiger partial charge is 0.328 e. The Balaban J connectivity index is 1.76. The van der Waals surface area contributed by atoms with Gasteiger partial charge in [-0.3, -0.25) is 9.59 Å². The Bertz CT molecular complexity index is 709. The van der Waals surface area contributed by atoms with E-state index in [1.165, 1.54) is 0 Å². The molecule has 1 N–H and O–H groups in total. The first-order chi connectivity index (χ1) is 10.7. The molecule has 5 heteroatoms. The lowest BCUT2D eigenvalue weighted by molar-refractivity contribution is -0.137. The normalized spacial score (nSPS) is 15.9. The van der Waals surface area contributed by atoms with Crippen LogP contribution in [0.15, 0.2) is 48.5 Å². The van der Waals surface area contributed by atoms with Crippen LogP contribution in [-0.4, -0.2) is 18.5 Å². The molecule has 0 spiro atoms. The maximum absolute atomic E-state index is 12.4. The van der Waals surface area contributed by atoms with Crippen molar-refractivity contribution in [3.63, 3.8) is 0 Å². The third-order valence-corrected chi connectivity index (χ3v) is 3.37. The van der Waals surface area contributed by atoms with Gasteiger partial charge in [0.1, 0.15) is 11.5 Å². The predicted octanol–water partition coefficient (Wildman–Crippen LogP) is 2.73. The van der Waals surface area contributed by atoms with Crippen molar-refractivity contribution in [1.29, 1.82) is 0 Å². The molecule has 1 heterocycles. The number of fused-ring (bicyclic) bond motifs is 1. The summed E-state index contributed by atoms with van der Waals surface area (Å²) in [6.07, 6.45) is 0. The van der Waals surface area contributed by atoms with E-state index in [0.29, 0.717) is 23.6 Å². The molecule has 0 fully saturated rings. The minimum Gasteiger partial charge on any atom is -0.494 e. The molecule has 22 heavy (non-hydrogen) atoms. The van der Waals surface area contributed by atoms with Gasteiger partial charge in [0, 0.05) is 11.3 Å². The lowest BCUT2D eigenvalue weighted by atomic mass is 10.00. The molecular weight excluding hydrogens is 282 g/mol. The Morgan fingerprint density at radius 2 is 1.91 bits per heavy atom. The van der Waals surface area contributed by atoms with Crippen molar-refractivity contribution in [1.82, 2.24) is 0 Å². The summed E-state index contributed by atoms with van der Waals surface area (Å²) in [7, 11) is 0. The summed E-state index contributed by atoms with van der Waals surface area (Å²) in [5, 5.41) is 2.73. The first-order valence-corrected chi connectivity index (χ1v) is 7.03. The zero-order valence-electron chi connectivity index (χ0n) is 12.0. The van der Waals surface area contributed by atoms with Crippen LogP contribution in [0.2, 0.25) is 0 Å². The first-order valence-electron chi connectivity index (χ1n) is 7.03. The van der Waals surface area contributed by atoms with Crippen LogP contribution in [-0.2, 0) is 9.59 Å². The molecule has 1 amide bonds. The van der Waals surface area contributed by atoms with Crippen molar-refractivity contribution in [2.45, 2.75) is 12.8 Å². The number of hydrogen-bond donors (Lipinski definition) is 1. The van der Waals surface area contributed by atoms with E-state index in [1.807, 2.05) is 6.92 Å². The second kappa shape index (κ2) is 5.89. The molecule has 1 aliphatic rings. The minimum atomic E-state index is -0.928. The van der Waals surface area contributed by atoms with Crippen molar-refractivity contribution in [2.75, 3.05) is 11.9 Å². The number of carbonyl (C=O) groups excluding carboxylic acids is 2. The van der Waals surface area contributed by atoms with Crippen LogP contribution in [0.1, 0.15) is 18.4 Å². The summed E-state index contributed by atoms with van der Waals surface area (Å²) < 4.78 is 10.5. The number of esters is 1. The molecule has 0 bridgehead atoms. The third kappa shape index (κ3) is 2.65. The van der Waals surface area contributed by atoms with Gasteiger partial charge >= 0.3 is 5.97 Å². The van der Waals surface area contributed by atoms with Gasteiger partial charge in [-0.1, -0.05) is 18.2 Å². The Kier molecular flexibility index (Phi) is 3.78. The van der Waals surface area contributed by atoms with Crippen LogP contribution in [0.25, 0.3) is 0 Å². The summed E-state index contributed by atoms with van der Waals surface area (Å²) in [5.41, 5.74) is 1.20. The molecular formula is C17H15NO4. The van der Waals surface area contributed by atoms with Gasteiger partial charge < -0.3 is 14.8 Å². The zero-order chi connectivity index (χ0) is 15.5. The highest BCUT2D eigenvalue weighted by Gasteiger charge is 2.38. The van der Waals surface area contributed by atoms with Gasteiger partial charge in [0.15, 0.2) is 5.92 Å². The van der Waals surface area contributed by atoms with Crippen molar-refractivity contribution < 1.29 is 19.1 Å². The van der Waals surface area contributed by atoms with Gasteiger partial charge in [-0.2, -0.15) is 0 Å². The molecule has 1 aliphatic heterocycles. The fourth-order valence-electron chi connectivity index (χ4n) is 2.37. The fraction of sp³-hybridized carbons (Fsp3) is 0.176. The van der Waals surface area contributed by atoms with Crippen LogP contribution >= 0.6 is 0 Å². The van der Waals surface area contributed by atoms with Gasteiger partial charge in [-0.05, 0) is 37.3 Å². The highest BCUT2D eigenvalue weighted by molar-refractivity contribution is 6.12. The summed E-state index contributed by atoms with van der Waals surface area (Å²) >= 11 is 0. The number of ether oxygens (including phenoxy) is 2. The Hall–Kier alpha value is -2.82. The lowest BCUT2D eigenvalue weighted by Gasteiger charge is -2.10. The Labute approximate surface area is 127 Å². The van der Waals surface area contributed by atoms with Gasteiger partial charge in [-0.25, -0.2) is 0 Å². The maximum Gasteiger partial charge on any atom is 0.328 e. The largest absolute Gasteiger partial charge is 0.494 e. The zero-order valence-corrected chi connectivity index (χ0v) is 12.0. The number of para-hydroxylation sites is 1. The van der Waals surface area contributed by atoms with E-state index >= 15 is 0 Å². The summed E-state index contributed by atoms with van der Waals surface area (Å²) in [6.45, 7) is 2.48. The van der Waals surface area contributed by atoms with Crippen molar-refractivity contribution in [3.05, 3.63) is 54.1 Å². The molecule has 0 radical (unpaired) electrons. The molecule has 3 rings (SSSR count). The standard InChI is InChI=1S/C17H15NO4/c1-2-21-12-9-7-11(8-10-12)18-16(19)15-13-5-3-4-6-14(13)22-17(15)20/h3-10,15H,2H2,1H3,(H,18,19). The van der Waals surface area contributed by atoms with E-state index in [2.05, 4.69) is 5.32 Å². The van der Waals surface area contributed by atoms with Gasteiger partial charge in [-0.15, -0.1) is 0 Å². The molecule has 1 atom stereocenters. The monoisotopic (exact) mass is 297 g/mol. The second-order valence-electron chi connectivity index (χ2n) is 4.84. The molecule has 2 aromatic carbocycles. The predicted molar refractivity (Wildman–Crippen MR) is 81.1 cm³/mol. The quantitative estimate of drug-likeness (QED) is 0.535. The maximum atomic E-state index is 12.4. The minimum absolute atomic E-state index is 0.404. The van der Waals surface area contributed by atoms with Crippen LogP contribution in [0.4, 0.5) is 5.69 Å². The van der Waals surface area contributed by atoms with E-state index in [1.54, 1.807) is 48.5 Å². The lowest BCUT2D eigenvalue weighted by Crippen LogP contribution is -2.26. The summed E-state index contributed by atoms with van der Waals surface area (Å²) in [5.74, 6) is -0.711. The molecule has 0 aliphatic carbocycles. The average molecular weight is 297 g/mol. The van der Waals surface area contributed by atoms with Gasteiger partial charge in [0.2, 0.25) is 5.91 Å². The van der Waals surface area contributed by atoms with Crippen LogP contribution in [0.3, 0.4) is 0 Å². The SMILES string of the molecule is CCOc1ccc(NC(=O)C2C(=O)Oc3ccccc32)cc1. The Morgan fingerprint density at radius 3 is 2.64 bits per heavy atom. The van der Waals surface area contributed by atoms with Gasteiger partial charge in [0.05, 0.1) is 6.61 Å². The number of amides is 1. The first kappa shape index (κ1) is 14.1. The van der Waals surface area contributed by atoms with Crippen LogP contribution < -0.4 is 14.8 Å². The molecule has 0 saturated heterocycles.